The van der Waals surface area contributed by atoms with Crippen LogP contribution in [0.1, 0.15) is 45.1 Å². The molecule has 0 radical (unpaired) electrons. The zero-order valence-electron chi connectivity index (χ0n) is 13.5. The SMILES string of the molecule is CCc1c(C(C)N2CC(C)NCC2C)oc2ccccc12. The molecule has 2 aromatic rings. The summed E-state index contributed by atoms with van der Waals surface area (Å²) >= 11 is 0. The van der Waals surface area contributed by atoms with Gasteiger partial charge in [-0.1, -0.05) is 25.1 Å². The van der Waals surface area contributed by atoms with E-state index < -0.39 is 0 Å². The van der Waals surface area contributed by atoms with Gasteiger partial charge in [0.15, 0.2) is 0 Å². The lowest BCUT2D eigenvalue weighted by molar-refractivity contribution is 0.0923. The highest BCUT2D eigenvalue weighted by atomic mass is 16.3. The van der Waals surface area contributed by atoms with E-state index >= 15 is 0 Å². The molecular formula is C18H26N2O. The van der Waals surface area contributed by atoms with E-state index in [0.717, 1.165) is 30.9 Å². The van der Waals surface area contributed by atoms with E-state index in [4.69, 9.17) is 4.42 Å². The molecule has 1 aliphatic rings. The van der Waals surface area contributed by atoms with Gasteiger partial charge < -0.3 is 9.73 Å². The van der Waals surface area contributed by atoms with Crippen molar-refractivity contribution in [3.8, 4) is 0 Å². The van der Waals surface area contributed by atoms with E-state index in [1.165, 1.54) is 10.9 Å². The number of nitrogens with zero attached hydrogens (tertiary/aromatic N) is 1. The van der Waals surface area contributed by atoms with Gasteiger partial charge in [0.25, 0.3) is 0 Å². The number of hydrogen-bond acceptors (Lipinski definition) is 3. The molecule has 1 aromatic heterocycles. The Labute approximate surface area is 127 Å². The summed E-state index contributed by atoms with van der Waals surface area (Å²) in [5, 5.41) is 4.83. The second-order valence-electron chi connectivity index (χ2n) is 6.33. The van der Waals surface area contributed by atoms with Crippen LogP contribution in [0.15, 0.2) is 28.7 Å². The van der Waals surface area contributed by atoms with E-state index in [1.807, 2.05) is 0 Å². The van der Waals surface area contributed by atoms with Gasteiger partial charge in [0.1, 0.15) is 11.3 Å². The highest BCUT2D eigenvalue weighted by Crippen LogP contribution is 2.34. The lowest BCUT2D eigenvalue weighted by Gasteiger charge is -2.40. The van der Waals surface area contributed by atoms with Crippen molar-refractivity contribution in [2.24, 2.45) is 0 Å². The Hall–Kier alpha value is -1.32. The third-order valence-electron chi connectivity index (χ3n) is 4.77. The zero-order valence-corrected chi connectivity index (χ0v) is 13.5. The van der Waals surface area contributed by atoms with E-state index in [2.05, 4.69) is 62.2 Å². The summed E-state index contributed by atoms with van der Waals surface area (Å²) in [7, 11) is 0. The molecule has 3 rings (SSSR count). The molecule has 1 aliphatic heterocycles. The molecule has 114 valence electrons. The van der Waals surface area contributed by atoms with Crippen LogP contribution in [0.2, 0.25) is 0 Å². The summed E-state index contributed by atoms with van der Waals surface area (Å²) < 4.78 is 6.23. The maximum absolute atomic E-state index is 6.23. The van der Waals surface area contributed by atoms with Gasteiger partial charge in [0.2, 0.25) is 0 Å². The standard InChI is InChI=1S/C18H26N2O/c1-5-15-16-8-6-7-9-17(16)21-18(15)14(4)20-11-12(2)19-10-13(20)3/h6-9,12-14,19H,5,10-11H2,1-4H3. The van der Waals surface area contributed by atoms with Crippen LogP contribution in [0.3, 0.4) is 0 Å². The number of piperazine rings is 1. The number of nitrogens with one attached hydrogen (secondary N) is 1. The first kappa shape index (κ1) is 14.6. The topological polar surface area (TPSA) is 28.4 Å². The third kappa shape index (κ3) is 2.60. The van der Waals surface area contributed by atoms with Crippen LogP contribution in [0.25, 0.3) is 11.0 Å². The van der Waals surface area contributed by atoms with Crippen LogP contribution in [0.4, 0.5) is 0 Å². The van der Waals surface area contributed by atoms with Gasteiger partial charge in [0, 0.05) is 36.1 Å². The van der Waals surface area contributed by atoms with Crippen LogP contribution < -0.4 is 5.32 Å². The third-order valence-corrected chi connectivity index (χ3v) is 4.77. The molecular weight excluding hydrogens is 260 g/mol. The minimum atomic E-state index is 0.326. The summed E-state index contributed by atoms with van der Waals surface area (Å²) in [4.78, 5) is 2.57. The van der Waals surface area contributed by atoms with E-state index in [1.54, 1.807) is 0 Å². The van der Waals surface area contributed by atoms with Gasteiger partial charge in [-0.2, -0.15) is 0 Å². The maximum Gasteiger partial charge on any atom is 0.134 e. The van der Waals surface area contributed by atoms with Gasteiger partial charge in [-0.15, -0.1) is 0 Å². The molecule has 3 unspecified atom stereocenters. The van der Waals surface area contributed by atoms with Crippen molar-refractivity contribution in [3.63, 3.8) is 0 Å². The monoisotopic (exact) mass is 286 g/mol. The number of rotatable bonds is 3. The van der Waals surface area contributed by atoms with Crippen LogP contribution in [-0.2, 0) is 6.42 Å². The number of fused-ring (bicyclic) bond motifs is 1. The quantitative estimate of drug-likeness (QED) is 0.931. The van der Waals surface area contributed by atoms with Gasteiger partial charge in [-0.3, -0.25) is 4.90 Å². The molecule has 1 fully saturated rings. The number of benzene rings is 1. The molecule has 0 amide bonds. The summed E-state index contributed by atoms with van der Waals surface area (Å²) in [6.07, 6.45) is 1.02. The molecule has 1 aromatic carbocycles. The fraction of sp³-hybridized carbons (Fsp3) is 0.556. The predicted molar refractivity (Wildman–Crippen MR) is 87.6 cm³/mol. The van der Waals surface area contributed by atoms with Crippen LogP contribution >= 0.6 is 0 Å². The van der Waals surface area contributed by atoms with Crippen molar-refractivity contribution < 1.29 is 4.42 Å². The van der Waals surface area contributed by atoms with Crippen molar-refractivity contribution in [1.82, 2.24) is 10.2 Å². The molecule has 0 spiro atoms. The Kier molecular flexibility index (Phi) is 4.05. The molecule has 3 heteroatoms. The van der Waals surface area contributed by atoms with Crippen molar-refractivity contribution in [1.29, 1.82) is 0 Å². The lowest BCUT2D eigenvalue weighted by Crippen LogP contribution is -2.54. The van der Waals surface area contributed by atoms with Crippen molar-refractivity contribution >= 4 is 11.0 Å². The summed E-state index contributed by atoms with van der Waals surface area (Å²) in [6, 6.07) is 9.81. The maximum atomic E-state index is 6.23. The second kappa shape index (κ2) is 5.82. The van der Waals surface area contributed by atoms with Crippen molar-refractivity contribution in [2.45, 2.75) is 52.2 Å². The summed E-state index contributed by atoms with van der Waals surface area (Å²) in [5.41, 5.74) is 2.39. The predicted octanol–water partition coefficient (Wildman–Crippen LogP) is 3.74. The van der Waals surface area contributed by atoms with Gasteiger partial charge in [-0.25, -0.2) is 0 Å². The van der Waals surface area contributed by atoms with Crippen LogP contribution in [0, 0.1) is 0 Å². The molecule has 1 saturated heterocycles. The first-order chi connectivity index (χ1) is 10.1. The first-order valence-electron chi connectivity index (χ1n) is 8.11. The Balaban J connectivity index is 1.98. The fourth-order valence-corrected chi connectivity index (χ4v) is 3.56. The average molecular weight is 286 g/mol. The van der Waals surface area contributed by atoms with Crippen LogP contribution in [-0.4, -0.2) is 30.1 Å². The Morgan fingerprint density at radius 1 is 1.33 bits per heavy atom. The number of aryl methyl sites for hydroxylation is 1. The van der Waals surface area contributed by atoms with Crippen molar-refractivity contribution in [3.05, 3.63) is 35.6 Å². The van der Waals surface area contributed by atoms with Gasteiger partial charge in [0.05, 0.1) is 6.04 Å². The molecule has 0 saturated carbocycles. The second-order valence-corrected chi connectivity index (χ2v) is 6.33. The highest BCUT2D eigenvalue weighted by molar-refractivity contribution is 5.82. The number of furan rings is 1. The van der Waals surface area contributed by atoms with Gasteiger partial charge in [-0.05, 0) is 33.3 Å². The largest absolute Gasteiger partial charge is 0.459 e. The Morgan fingerprint density at radius 2 is 2.10 bits per heavy atom. The first-order valence-corrected chi connectivity index (χ1v) is 8.11. The number of para-hydroxylation sites is 1. The molecule has 3 atom stereocenters. The smallest absolute Gasteiger partial charge is 0.134 e. The molecule has 2 heterocycles. The lowest BCUT2D eigenvalue weighted by atomic mass is 10.0. The minimum Gasteiger partial charge on any atom is -0.459 e. The van der Waals surface area contributed by atoms with E-state index in [9.17, 15) is 0 Å². The highest BCUT2D eigenvalue weighted by Gasteiger charge is 2.30. The molecule has 0 bridgehead atoms. The van der Waals surface area contributed by atoms with E-state index in [0.29, 0.717) is 18.1 Å². The molecule has 0 aliphatic carbocycles. The summed E-state index contributed by atoms with van der Waals surface area (Å²) in [6.45, 7) is 11.2. The Bertz CT molecular complexity index is 619. The Morgan fingerprint density at radius 3 is 2.86 bits per heavy atom. The summed E-state index contributed by atoms with van der Waals surface area (Å²) in [5.74, 6) is 1.15. The van der Waals surface area contributed by atoms with Gasteiger partial charge >= 0.3 is 0 Å². The van der Waals surface area contributed by atoms with Crippen molar-refractivity contribution in [2.75, 3.05) is 13.1 Å². The molecule has 1 N–H and O–H groups in total. The number of hydrogen-bond donors (Lipinski definition) is 1. The van der Waals surface area contributed by atoms with E-state index in [-0.39, 0.29) is 0 Å². The van der Waals surface area contributed by atoms with Crippen LogP contribution in [0.5, 0.6) is 0 Å². The molecule has 3 nitrogen and oxygen atoms in total. The molecule has 21 heavy (non-hydrogen) atoms. The fourth-order valence-electron chi connectivity index (χ4n) is 3.56. The average Bonchev–Trinajstić information content (AvgIpc) is 2.87. The minimum absolute atomic E-state index is 0.326. The zero-order chi connectivity index (χ0) is 15.0. The normalized spacial score (nSPS) is 25.3.